The summed E-state index contributed by atoms with van der Waals surface area (Å²) < 4.78 is 36.8. The number of hydrogen-bond acceptors (Lipinski definition) is 4. The maximum atomic E-state index is 12.3. The third-order valence-corrected chi connectivity index (χ3v) is 1.98. The fourth-order valence-electron chi connectivity index (χ4n) is 1.28. The molecule has 0 aliphatic rings. The Morgan fingerprint density at radius 1 is 1.53 bits per heavy atom. The Balaban J connectivity index is 3.07. The van der Waals surface area contributed by atoms with Crippen molar-refractivity contribution in [2.75, 3.05) is 18.0 Å². The lowest BCUT2D eigenvalue weighted by Gasteiger charge is -2.23. The predicted octanol–water partition coefficient (Wildman–Crippen LogP) is 1.56. The standard InChI is InChI=1S/C9H10F3N3O2/c1-2-15(5-9(10,11)12)7-6(8(16)17)3-4-13-14-7/h3-4H,2,5H2,1H3,(H,16,17). The Labute approximate surface area is 94.9 Å². The number of carboxylic acid groups (broad SMARTS) is 1. The van der Waals surface area contributed by atoms with Gasteiger partial charge < -0.3 is 10.0 Å². The van der Waals surface area contributed by atoms with Crippen LogP contribution in [-0.4, -0.2) is 40.5 Å². The van der Waals surface area contributed by atoms with Gasteiger partial charge in [-0.25, -0.2) is 4.79 Å². The van der Waals surface area contributed by atoms with Crippen LogP contribution in [-0.2, 0) is 0 Å². The first-order chi connectivity index (χ1) is 7.85. The molecule has 5 nitrogen and oxygen atoms in total. The van der Waals surface area contributed by atoms with Gasteiger partial charge in [-0.2, -0.15) is 18.3 Å². The molecule has 0 fully saturated rings. The summed E-state index contributed by atoms with van der Waals surface area (Å²) in [6, 6.07) is 1.11. The van der Waals surface area contributed by atoms with Crippen molar-refractivity contribution in [3.8, 4) is 0 Å². The third-order valence-electron chi connectivity index (χ3n) is 1.98. The van der Waals surface area contributed by atoms with Crippen LogP contribution in [0.15, 0.2) is 12.3 Å². The van der Waals surface area contributed by atoms with Crippen molar-refractivity contribution in [3.63, 3.8) is 0 Å². The minimum Gasteiger partial charge on any atom is -0.478 e. The van der Waals surface area contributed by atoms with Crippen LogP contribution in [0.1, 0.15) is 17.3 Å². The first-order valence-electron chi connectivity index (χ1n) is 4.72. The number of aromatic nitrogens is 2. The number of nitrogens with zero attached hydrogens (tertiary/aromatic N) is 3. The van der Waals surface area contributed by atoms with Gasteiger partial charge in [-0.05, 0) is 13.0 Å². The van der Waals surface area contributed by atoms with Crippen molar-refractivity contribution in [2.45, 2.75) is 13.1 Å². The molecule has 0 aliphatic heterocycles. The molecule has 0 bridgehead atoms. The van der Waals surface area contributed by atoms with Crippen molar-refractivity contribution in [3.05, 3.63) is 17.8 Å². The minimum atomic E-state index is -4.43. The second kappa shape index (κ2) is 4.98. The number of rotatable bonds is 4. The van der Waals surface area contributed by atoms with E-state index >= 15 is 0 Å². The zero-order valence-electron chi connectivity index (χ0n) is 8.90. The molecule has 0 amide bonds. The van der Waals surface area contributed by atoms with E-state index in [0.717, 1.165) is 17.2 Å². The lowest BCUT2D eigenvalue weighted by molar-refractivity contribution is -0.119. The molecule has 0 spiro atoms. The molecule has 1 N–H and O–H groups in total. The Hall–Kier alpha value is -1.86. The molecule has 0 unspecified atom stereocenters. The van der Waals surface area contributed by atoms with Crippen LogP contribution < -0.4 is 4.90 Å². The summed E-state index contributed by atoms with van der Waals surface area (Å²) in [5.41, 5.74) is -0.300. The molecule has 1 aromatic heterocycles. The van der Waals surface area contributed by atoms with Gasteiger partial charge in [0.25, 0.3) is 0 Å². The van der Waals surface area contributed by atoms with Gasteiger partial charge in [0.2, 0.25) is 0 Å². The van der Waals surface area contributed by atoms with Gasteiger partial charge in [-0.3, -0.25) is 0 Å². The van der Waals surface area contributed by atoms with Crippen molar-refractivity contribution in [1.29, 1.82) is 0 Å². The quantitative estimate of drug-likeness (QED) is 0.877. The highest BCUT2D eigenvalue weighted by atomic mass is 19.4. The number of hydrogen-bond donors (Lipinski definition) is 1. The van der Waals surface area contributed by atoms with E-state index in [2.05, 4.69) is 10.2 Å². The monoisotopic (exact) mass is 249 g/mol. The fraction of sp³-hybridized carbons (Fsp3) is 0.444. The molecule has 0 aromatic carbocycles. The summed E-state index contributed by atoms with van der Waals surface area (Å²) in [5.74, 6) is -1.62. The number of halogens is 3. The zero-order valence-corrected chi connectivity index (χ0v) is 8.90. The molecule has 1 aromatic rings. The molecule has 0 atom stereocenters. The maximum Gasteiger partial charge on any atom is 0.405 e. The molecule has 0 saturated heterocycles. The van der Waals surface area contributed by atoms with E-state index < -0.39 is 18.7 Å². The Bertz CT molecular complexity index is 409. The predicted molar refractivity (Wildman–Crippen MR) is 52.9 cm³/mol. The normalized spacial score (nSPS) is 11.3. The van der Waals surface area contributed by atoms with Crippen LogP contribution >= 0.6 is 0 Å². The molecular weight excluding hydrogens is 239 g/mol. The van der Waals surface area contributed by atoms with Crippen LogP contribution in [0.3, 0.4) is 0 Å². The van der Waals surface area contributed by atoms with Gasteiger partial charge in [-0.1, -0.05) is 0 Å². The molecule has 1 rings (SSSR count). The van der Waals surface area contributed by atoms with Gasteiger partial charge in [0.15, 0.2) is 5.82 Å². The number of carboxylic acids is 1. The van der Waals surface area contributed by atoms with Crippen molar-refractivity contribution in [2.24, 2.45) is 0 Å². The van der Waals surface area contributed by atoms with Crippen LogP contribution in [0, 0.1) is 0 Å². The highest BCUT2D eigenvalue weighted by Crippen LogP contribution is 2.22. The van der Waals surface area contributed by atoms with E-state index in [1.807, 2.05) is 0 Å². The minimum absolute atomic E-state index is 0.0154. The van der Waals surface area contributed by atoms with E-state index in [1.54, 1.807) is 0 Å². The van der Waals surface area contributed by atoms with Crippen LogP contribution in [0.5, 0.6) is 0 Å². The summed E-state index contributed by atoms with van der Waals surface area (Å²) in [4.78, 5) is 11.6. The number of aromatic carboxylic acids is 1. The number of alkyl halides is 3. The first-order valence-corrected chi connectivity index (χ1v) is 4.72. The summed E-state index contributed by atoms with van der Waals surface area (Å²) in [6.07, 6.45) is -3.31. The molecule has 8 heteroatoms. The number of carbonyl (C=O) groups is 1. The first kappa shape index (κ1) is 13.2. The molecule has 1 heterocycles. The molecule has 94 valence electrons. The molecule has 17 heavy (non-hydrogen) atoms. The van der Waals surface area contributed by atoms with Crippen LogP contribution in [0.25, 0.3) is 0 Å². The average Bonchev–Trinajstić information content (AvgIpc) is 2.24. The average molecular weight is 249 g/mol. The van der Waals surface area contributed by atoms with E-state index in [-0.39, 0.29) is 17.9 Å². The van der Waals surface area contributed by atoms with Crippen LogP contribution in [0.2, 0.25) is 0 Å². The van der Waals surface area contributed by atoms with E-state index in [0.29, 0.717) is 0 Å². The van der Waals surface area contributed by atoms with E-state index in [4.69, 9.17) is 5.11 Å². The Morgan fingerprint density at radius 3 is 2.65 bits per heavy atom. The van der Waals surface area contributed by atoms with Gasteiger partial charge in [-0.15, -0.1) is 5.10 Å². The summed E-state index contributed by atoms with van der Waals surface area (Å²) >= 11 is 0. The van der Waals surface area contributed by atoms with E-state index in [9.17, 15) is 18.0 Å². The molecular formula is C9H10F3N3O2. The number of anilines is 1. The largest absolute Gasteiger partial charge is 0.478 e. The van der Waals surface area contributed by atoms with Crippen molar-refractivity contribution in [1.82, 2.24) is 10.2 Å². The van der Waals surface area contributed by atoms with Gasteiger partial charge in [0.05, 0.1) is 6.20 Å². The van der Waals surface area contributed by atoms with Gasteiger partial charge in [0.1, 0.15) is 12.1 Å². The zero-order chi connectivity index (χ0) is 13.1. The smallest absolute Gasteiger partial charge is 0.405 e. The topological polar surface area (TPSA) is 66.3 Å². The summed E-state index contributed by atoms with van der Waals surface area (Å²) in [6.45, 7) is 0.201. The maximum absolute atomic E-state index is 12.3. The van der Waals surface area contributed by atoms with Gasteiger partial charge in [0, 0.05) is 6.54 Å². The second-order valence-electron chi connectivity index (χ2n) is 3.20. The Morgan fingerprint density at radius 2 is 2.18 bits per heavy atom. The van der Waals surface area contributed by atoms with Crippen LogP contribution in [0.4, 0.5) is 19.0 Å². The summed E-state index contributed by atoms with van der Waals surface area (Å²) in [5, 5.41) is 15.7. The van der Waals surface area contributed by atoms with Crippen molar-refractivity contribution < 1.29 is 23.1 Å². The van der Waals surface area contributed by atoms with E-state index in [1.165, 1.54) is 6.92 Å². The highest BCUT2D eigenvalue weighted by molar-refractivity contribution is 5.93. The lowest BCUT2D eigenvalue weighted by Crippen LogP contribution is -2.35. The fourth-order valence-corrected chi connectivity index (χ4v) is 1.28. The highest BCUT2D eigenvalue weighted by Gasteiger charge is 2.32. The molecule has 0 aliphatic carbocycles. The SMILES string of the molecule is CCN(CC(F)(F)F)c1nnccc1C(=O)O. The molecule has 0 saturated carbocycles. The second-order valence-corrected chi connectivity index (χ2v) is 3.20. The van der Waals surface area contributed by atoms with Gasteiger partial charge >= 0.3 is 12.1 Å². The molecule has 0 radical (unpaired) electrons. The Kier molecular flexibility index (Phi) is 3.87. The van der Waals surface area contributed by atoms with Crippen molar-refractivity contribution >= 4 is 11.8 Å². The summed E-state index contributed by atoms with van der Waals surface area (Å²) in [7, 11) is 0. The third kappa shape index (κ3) is 3.58. The lowest BCUT2D eigenvalue weighted by atomic mass is 10.2.